The molecule has 3 aliphatic rings. The van der Waals surface area contributed by atoms with E-state index in [4.69, 9.17) is 9.47 Å². The summed E-state index contributed by atoms with van der Waals surface area (Å²) in [6.07, 6.45) is 4.38. The summed E-state index contributed by atoms with van der Waals surface area (Å²) >= 11 is 0. The number of anilines is 1. The molecule has 0 atom stereocenters. The summed E-state index contributed by atoms with van der Waals surface area (Å²) in [6.45, 7) is 0.324. The van der Waals surface area contributed by atoms with Gasteiger partial charge in [0, 0.05) is 22.9 Å². The summed E-state index contributed by atoms with van der Waals surface area (Å²) in [5.74, 6) is -1.15. The first-order chi connectivity index (χ1) is 18.0. The molecule has 2 aliphatic heterocycles. The van der Waals surface area contributed by atoms with Crippen LogP contribution in [0.25, 0.3) is 0 Å². The fraction of sp³-hybridized carbons (Fsp3) is 0.241. The molecule has 0 N–H and O–H groups in total. The Morgan fingerprint density at radius 2 is 1.51 bits per heavy atom. The van der Waals surface area contributed by atoms with Gasteiger partial charge in [0.1, 0.15) is 0 Å². The van der Waals surface area contributed by atoms with Crippen molar-refractivity contribution in [3.63, 3.8) is 0 Å². The second-order valence-electron chi connectivity index (χ2n) is 9.42. The minimum absolute atomic E-state index is 0.100. The van der Waals surface area contributed by atoms with Gasteiger partial charge in [-0.2, -0.15) is 0 Å². The number of nitrogens with zero attached hydrogens (tertiary/aromatic N) is 2. The van der Waals surface area contributed by atoms with Gasteiger partial charge in [0.05, 0.1) is 30.9 Å². The lowest BCUT2D eigenvalue weighted by molar-refractivity contribution is 0.0566. The molecule has 186 valence electrons. The highest BCUT2D eigenvalue weighted by atomic mass is 16.5. The number of fused-ring (bicyclic) bond motifs is 2. The van der Waals surface area contributed by atoms with Crippen LogP contribution in [0.5, 0.6) is 11.5 Å². The molecule has 0 spiro atoms. The van der Waals surface area contributed by atoms with Crippen molar-refractivity contribution < 1.29 is 28.7 Å². The molecule has 0 radical (unpaired) electrons. The second-order valence-corrected chi connectivity index (χ2v) is 9.42. The number of ether oxygens (including phenoxy) is 2. The van der Waals surface area contributed by atoms with E-state index in [1.807, 2.05) is 6.07 Å². The summed E-state index contributed by atoms with van der Waals surface area (Å²) in [5, 5.41) is 0. The molecular weight excluding hydrogens is 472 g/mol. The monoisotopic (exact) mass is 496 g/mol. The number of rotatable bonds is 5. The second kappa shape index (κ2) is 8.89. The summed E-state index contributed by atoms with van der Waals surface area (Å²) in [7, 11) is 1.58. The third-order valence-corrected chi connectivity index (χ3v) is 7.21. The van der Waals surface area contributed by atoms with Crippen LogP contribution in [-0.2, 0) is 6.54 Å². The van der Waals surface area contributed by atoms with E-state index < -0.39 is 17.7 Å². The molecule has 0 bridgehead atoms. The van der Waals surface area contributed by atoms with Crippen LogP contribution in [0.3, 0.4) is 0 Å². The third kappa shape index (κ3) is 3.76. The molecule has 1 fully saturated rings. The number of methoxy groups -OCH3 is 1. The third-order valence-electron chi connectivity index (χ3n) is 7.21. The summed E-state index contributed by atoms with van der Waals surface area (Å²) in [6, 6.07) is 16.4. The molecular formula is C29H24N2O6. The lowest BCUT2D eigenvalue weighted by atomic mass is 10.1. The summed E-state index contributed by atoms with van der Waals surface area (Å²) in [4.78, 5) is 54.4. The zero-order valence-electron chi connectivity index (χ0n) is 20.2. The van der Waals surface area contributed by atoms with Gasteiger partial charge in [-0.05, 0) is 67.6 Å². The Bertz CT molecular complexity index is 1440. The van der Waals surface area contributed by atoms with Gasteiger partial charge in [0.25, 0.3) is 23.6 Å². The topological polar surface area (TPSA) is 93.2 Å². The predicted octanol–water partition coefficient (Wildman–Crippen LogP) is 4.61. The molecule has 4 amide bonds. The molecule has 0 unspecified atom stereocenters. The van der Waals surface area contributed by atoms with Gasteiger partial charge < -0.3 is 14.4 Å². The van der Waals surface area contributed by atoms with Gasteiger partial charge >= 0.3 is 0 Å². The molecule has 3 aromatic rings. The van der Waals surface area contributed by atoms with Crippen molar-refractivity contribution in [1.82, 2.24) is 4.90 Å². The SMILES string of the molecule is COc1ccc(N2Cc3ccc(C(=O)N4C(=O)c5ccccc5C4=O)cc3C2=O)cc1OC1CCCC1. The Labute approximate surface area is 213 Å². The Kier molecular flexibility index (Phi) is 5.52. The fourth-order valence-electron chi connectivity index (χ4n) is 5.26. The first kappa shape index (κ1) is 23.0. The first-order valence-corrected chi connectivity index (χ1v) is 12.3. The Hall–Kier alpha value is -4.46. The molecule has 1 aliphatic carbocycles. The normalized spacial score (nSPS) is 16.8. The first-order valence-electron chi connectivity index (χ1n) is 12.3. The number of hydrogen-bond donors (Lipinski definition) is 0. The van der Waals surface area contributed by atoms with Crippen LogP contribution in [-0.4, -0.2) is 41.7 Å². The van der Waals surface area contributed by atoms with Gasteiger partial charge in [-0.3, -0.25) is 19.2 Å². The maximum absolute atomic E-state index is 13.4. The van der Waals surface area contributed by atoms with Gasteiger partial charge in [0.2, 0.25) is 0 Å². The maximum Gasteiger partial charge on any atom is 0.268 e. The van der Waals surface area contributed by atoms with E-state index >= 15 is 0 Å². The highest BCUT2D eigenvalue weighted by Crippen LogP contribution is 2.38. The molecule has 0 saturated heterocycles. The Morgan fingerprint density at radius 1 is 0.811 bits per heavy atom. The quantitative estimate of drug-likeness (QED) is 0.479. The zero-order valence-corrected chi connectivity index (χ0v) is 20.2. The Balaban J connectivity index is 1.26. The van der Waals surface area contributed by atoms with E-state index in [1.165, 1.54) is 18.2 Å². The largest absolute Gasteiger partial charge is 0.493 e. The van der Waals surface area contributed by atoms with E-state index in [0.29, 0.717) is 34.2 Å². The minimum Gasteiger partial charge on any atom is -0.493 e. The number of imide groups is 3. The molecule has 2 heterocycles. The van der Waals surface area contributed by atoms with Crippen molar-refractivity contribution in [3.05, 3.63) is 88.5 Å². The number of hydrogen-bond acceptors (Lipinski definition) is 6. The minimum atomic E-state index is -0.753. The average molecular weight is 497 g/mol. The van der Waals surface area contributed by atoms with Crippen molar-refractivity contribution in [2.45, 2.75) is 38.3 Å². The molecule has 37 heavy (non-hydrogen) atoms. The highest BCUT2D eigenvalue weighted by molar-refractivity contribution is 6.31. The van der Waals surface area contributed by atoms with Crippen LogP contribution >= 0.6 is 0 Å². The standard InChI is InChI=1S/C29H24N2O6/c1-36-24-13-12-19(15-25(24)37-20-6-2-3-7-20)30-16-18-11-10-17(14-23(18)27(30)33)26(32)31-28(34)21-8-4-5-9-22(21)29(31)35/h4-5,8-15,20H,2-3,6-7,16H2,1H3. The lowest BCUT2D eigenvalue weighted by Gasteiger charge is -2.20. The molecule has 8 nitrogen and oxygen atoms in total. The average Bonchev–Trinajstić information content (AvgIpc) is 3.61. The van der Waals surface area contributed by atoms with Crippen molar-refractivity contribution in [2.24, 2.45) is 0 Å². The zero-order chi connectivity index (χ0) is 25.7. The smallest absolute Gasteiger partial charge is 0.268 e. The molecule has 1 saturated carbocycles. The number of amides is 4. The van der Waals surface area contributed by atoms with Crippen LogP contribution in [0.2, 0.25) is 0 Å². The lowest BCUT2D eigenvalue weighted by Crippen LogP contribution is -2.36. The maximum atomic E-state index is 13.4. The van der Waals surface area contributed by atoms with Crippen molar-refractivity contribution in [2.75, 3.05) is 12.0 Å². The highest BCUT2D eigenvalue weighted by Gasteiger charge is 2.40. The summed E-state index contributed by atoms with van der Waals surface area (Å²) < 4.78 is 11.7. The fourth-order valence-corrected chi connectivity index (χ4v) is 5.26. The van der Waals surface area contributed by atoms with E-state index in [-0.39, 0.29) is 28.7 Å². The van der Waals surface area contributed by atoms with Crippen LogP contribution in [0, 0.1) is 0 Å². The number of carbonyl (C=O) groups excluding carboxylic acids is 4. The number of benzene rings is 3. The van der Waals surface area contributed by atoms with Crippen LogP contribution < -0.4 is 14.4 Å². The van der Waals surface area contributed by atoms with Crippen molar-refractivity contribution in [3.8, 4) is 11.5 Å². The van der Waals surface area contributed by atoms with Crippen LogP contribution in [0.4, 0.5) is 5.69 Å². The van der Waals surface area contributed by atoms with E-state index in [1.54, 1.807) is 48.4 Å². The van der Waals surface area contributed by atoms with Gasteiger partial charge in [0.15, 0.2) is 11.5 Å². The van der Waals surface area contributed by atoms with E-state index in [9.17, 15) is 19.2 Å². The number of carbonyl (C=O) groups is 4. The predicted molar refractivity (Wildman–Crippen MR) is 134 cm³/mol. The van der Waals surface area contributed by atoms with Crippen molar-refractivity contribution in [1.29, 1.82) is 0 Å². The molecule has 6 rings (SSSR count). The van der Waals surface area contributed by atoms with Gasteiger partial charge in [-0.25, -0.2) is 4.90 Å². The van der Waals surface area contributed by atoms with Gasteiger partial charge in [-0.15, -0.1) is 0 Å². The van der Waals surface area contributed by atoms with E-state index in [2.05, 4.69) is 0 Å². The van der Waals surface area contributed by atoms with Crippen LogP contribution in [0.15, 0.2) is 60.7 Å². The van der Waals surface area contributed by atoms with E-state index in [0.717, 1.165) is 31.2 Å². The molecule has 8 heteroatoms. The molecule has 0 aromatic heterocycles. The van der Waals surface area contributed by atoms with Crippen molar-refractivity contribution >= 4 is 29.3 Å². The van der Waals surface area contributed by atoms with Crippen LogP contribution in [0.1, 0.15) is 72.7 Å². The van der Waals surface area contributed by atoms with Gasteiger partial charge in [-0.1, -0.05) is 18.2 Å². The molecule has 3 aromatic carbocycles. The Morgan fingerprint density at radius 3 is 2.19 bits per heavy atom. The summed E-state index contributed by atoms with van der Waals surface area (Å²) in [5.41, 5.74) is 2.25.